The van der Waals surface area contributed by atoms with Gasteiger partial charge in [-0.15, -0.1) is 0 Å². The van der Waals surface area contributed by atoms with Gasteiger partial charge in [0, 0.05) is 13.3 Å². The maximum absolute atomic E-state index is 10.8. The van der Waals surface area contributed by atoms with E-state index in [0.29, 0.717) is 12.3 Å². The average molecular weight is 210 g/mol. The molecule has 0 amide bonds. The van der Waals surface area contributed by atoms with Crippen molar-refractivity contribution in [1.82, 2.24) is 0 Å². The fourth-order valence-electron chi connectivity index (χ4n) is 1.90. The molecule has 0 heterocycles. The molecule has 1 aliphatic carbocycles. The number of carbonyl (C=O) groups is 2. The Labute approximate surface area is 90.5 Å². The fourth-order valence-corrected chi connectivity index (χ4v) is 1.90. The summed E-state index contributed by atoms with van der Waals surface area (Å²) in [7, 11) is 0. The van der Waals surface area contributed by atoms with Crippen LogP contribution in [-0.4, -0.2) is 18.4 Å². The van der Waals surface area contributed by atoms with Gasteiger partial charge in [0.1, 0.15) is 12.4 Å². The summed E-state index contributed by atoms with van der Waals surface area (Å²) in [5.41, 5.74) is 0. The van der Waals surface area contributed by atoms with Gasteiger partial charge in [0.2, 0.25) is 0 Å². The molecule has 0 N–H and O–H groups in total. The Morgan fingerprint density at radius 3 is 2.93 bits per heavy atom. The first-order valence-electron chi connectivity index (χ1n) is 5.50. The van der Waals surface area contributed by atoms with E-state index in [2.05, 4.69) is 0 Å². The lowest BCUT2D eigenvalue weighted by Gasteiger charge is -2.20. The number of rotatable bonds is 3. The van der Waals surface area contributed by atoms with Gasteiger partial charge in [-0.2, -0.15) is 0 Å². The lowest BCUT2D eigenvalue weighted by Crippen LogP contribution is -2.17. The summed E-state index contributed by atoms with van der Waals surface area (Å²) >= 11 is 0. The molecule has 0 radical (unpaired) electrons. The van der Waals surface area contributed by atoms with E-state index in [4.69, 9.17) is 4.74 Å². The highest BCUT2D eigenvalue weighted by Gasteiger charge is 2.15. The number of hydrogen-bond donors (Lipinski definition) is 0. The van der Waals surface area contributed by atoms with Crippen molar-refractivity contribution in [3.05, 3.63) is 12.2 Å². The molecular formula is C12H18O3. The molecule has 3 heteroatoms. The summed E-state index contributed by atoms with van der Waals surface area (Å²) < 4.78 is 5.14. The molecule has 84 valence electrons. The van der Waals surface area contributed by atoms with E-state index in [-0.39, 0.29) is 12.1 Å². The molecule has 0 fully saturated rings. The minimum absolute atomic E-state index is 0.100. The Kier molecular flexibility index (Phi) is 5.08. The van der Waals surface area contributed by atoms with Crippen LogP contribution in [0.15, 0.2) is 12.2 Å². The monoisotopic (exact) mass is 210 g/mol. The van der Waals surface area contributed by atoms with Gasteiger partial charge in [0.05, 0.1) is 0 Å². The van der Waals surface area contributed by atoms with Crippen molar-refractivity contribution in [2.45, 2.75) is 45.1 Å². The van der Waals surface area contributed by atoms with Crippen molar-refractivity contribution in [2.24, 2.45) is 5.92 Å². The second-order valence-corrected chi connectivity index (χ2v) is 4.00. The standard InChI is InChI=1S/C12H18O3/c1-10(14)15-12-5-3-2-4-11(6-7-12)8-9-13/h3,5,9,11-12H,2,4,6-8H2,1H3/b5-3-. The van der Waals surface area contributed by atoms with E-state index < -0.39 is 0 Å². The summed E-state index contributed by atoms with van der Waals surface area (Å²) in [6.45, 7) is 1.43. The molecule has 2 atom stereocenters. The fraction of sp³-hybridized carbons (Fsp3) is 0.667. The van der Waals surface area contributed by atoms with Crippen molar-refractivity contribution in [3.8, 4) is 0 Å². The van der Waals surface area contributed by atoms with Crippen molar-refractivity contribution < 1.29 is 14.3 Å². The Hall–Kier alpha value is -1.12. The smallest absolute Gasteiger partial charge is 0.303 e. The second kappa shape index (κ2) is 6.38. The molecular weight excluding hydrogens is 192 g/mol. The predicted molar refractivity (Wildman–Crippen MR) is 57.3 cm³/mol. The number of hydrogen-bond acceptors (Lipinski definition) is 3. The quantitative estimate of drug-likeness (QED) is 0.407. The molecule has 0 saturated heterocycles. The maximum Gasteiger partial charge on any atom is 0.303 e. The topological polar surface area (TPSA) is 43.4 Å². The highest BCUT2D eigenvalue weighted by molar-refractivity contribution is 5.66. The summed E-state index contributed by atoms with van der Waals surface area (Å²) in [5.74, 6) is 0.211. The molecule has 0 saturated carbocycles. The third-order valence-corrected chi connectivity index (χ3v) is 2.70. The normalized spacial score (nSPS) is 28.6. The van der Waals surface area contributed by atoms with Gasteiger partial charge in [-0.1, -0.05) is 6.08 Å². The summed E-state index contributed by atoms with van der Waals surface area (Å²) in [5, 5.41) is 0. The number of esters is 1. The molecule has 0 spiro atoms. The van der Waals surface area contributed by atoms with Crippen LogP contribution >= 0.6 is 0 Å². The van der Waals surface area contributed by atoms with Gasteiger partial charge in [0.25, 0.3) is 0 Å². The van der Waals surface area contributed by atoms with Crippen molar-refractivity contribution in [1.29, 1.82) is 0 Å². The number of aldehydes is 1. The van der Waals surface area contributed by atoms with E-state index in [1.54, 1.807) is 0 Å². The Morgan fingerprint density at radius 1 is 1.47 bits per heavy atom. The van der Waals surface area contributed by atoms with Crippen molar-refractivity contribution in [3.63, 3.8) is 0 Å². The van der Waals surface area contributed by atoms with Gasteiger partial charge < -0.3 is 9.53 Å². The zero-order valence-electron chi connectivity index (χ0n) is 9.15. The minimum Gasteiger partial charge on any atom is -0.458 e. The lowest BCUT2D eigenvalue weighted by molar-refractivity contribution is -0.144. The van der Waals surface area contributed by atoms with E-state index in [9.17, 15) is 9.59 Å². The third kappa shape index (κ3) is 4.77. The Balaban J connectivity index is 2.45. The van der Waals surface area contributed by atoms with Crippen LogP contribution in [0.25, 0.3) is 0 Å². The third-order valence-electron chi connectivity index (χ3n) is 2.70. The Morgan fingerprint density at radius 2 is 2.27 bits per heavy atom. The highest BCUT2D eigenvalue weighted by Crippen LogP contribution is 2.22. The molecule has 3 nitrogen and oxygen atoms in total. The SMILES string of the molecule is CC(=O)OC1/C=C\CCC(CC=O)CC1. The molecule has 15 heavy (non-hydrogen) atoms. The minimum atomic E-state index is -0.239. The number of carbonyl (C=O) groups excluding carboxylic acids is 2. The summed E-state index contributed by atoms with van der Waals surface area (Å²) in [4.78, 5) is 21.2. The number of allylic oxidation sites excluding steroid dienone is 1. The van der Waals surface area contributed by atoms with Crippen LogP contribution in [0, 0.1) is 5.92 Å². The van der Waals surface area contributed by atoms with Crippen molar-refractivity contribution >= 4 is 12.3 Å². The number of ether oxygens (including phenoxy) is 1. The first-order valence-corrected chi connectivity index (χ1v) is 5.50. The van der Waals surface area contributed by atoms with Gasteiger partial charge >= 0.3 is 5.97 Å². The summed E-state index contributed by atoms with van der Waals surface area (Å²) in [6, 6.07) is 0. The molecule has 1 aliphatic rings. The van der Waals surface area contributed by atoms with Gasteiger partial charge in [-0.05, 0) is 37.7 Å². The largest absolute Gasteiger partial charge is 0.458 e. The van der Waals surface area contributed by atoms with E-state index in [1.165, 1.54) is 6.92 Å². The van der Waals surface area contributed by atoms with E-state index in [1.807, 2.05) is 12.2 Å². The van der Waals surface area contributed by atoms with Crippen molar-refractivity contribution in [2.75, 3.05) is 0 Å². The van der Waals surface area contributed by atoms with E-state index in [0.717, 1.165) is 32.0 Å². The molecule has 0 aromatic heterocycles. The summed E-state index contributed by atoms with van der Waals surface area (Å²) in [6.07, 6.45) is 9.33. The lowest BCUT2D eigenvalue weighted by atomic mass is 9.91. The molecule has 0 aromatic rings. The van der Waals surface area contributed by atoms with E-state index >= 15 is 0 Å². The van der Waals surface area contributed by atoms with Crippen LogP contribution in [-0.2, 0) is 14.3 Å². The molecule has 0 bridgehead atoms. The van der Waals surface area contributed by atoms with Crippen LogP contribution in [0.3, 0.4) is 0 Å². The zero-order valence-corrected chi connectivity index (χ0v) is 9.15. The van der Waals surface area contributed by atoms with Crippen LogP contribution in [0.4, 0.5) is 0 Å². The van der Waals surface area contributed by atoms with Crippen LogP contribution in [0.2, 0.25) is 0 Å². The maximum atomic E-state index is 10.8. The van der Waals surface area contributed by atoms with Crippen LogP contribution in [0.5, 0.6) is 0 Å². The zero-order chi connectivity index (χ0) is 11.1. The first kappa shape index (κ1) is 12.0. The predicted octanol–water partition coefficient (Wildman–Crippen LogP) is 2.25. The molecule has 2 unspecified atom stereocenters. The average Bonchev–Trinajstić information content (AvgIpc) is 2.15. The molecule has 0 aliphatic heterocycles. The van der Waals surface area contributed by atoms with Gasteiger partial charge in [0.15, 0.2) is 0 Å². The highest BCUT2D eigenvalue weighted by atomic mass is 16.5. The van der Waals surface area contributed by atoms with Crippen LogP contribution in [0.1, 0.15) is 39.0 Å². The molecule has 0 aromatic carbocycles. The van der Waals surface area contributed by atoms with Gasteiger partial charge in [-0.3, -0.25) is 4.79 Å². The first-order chi connectivity index (χ1) is 7.22. The second-order valence-electron chi connectivity index (χ2n) is 4.00. The Bertz CT molecular complexity index is 245. The van der Waals surface area contributed by atoms with Gasteiger partial charge in [-0.25, -0.2) is 0 Å². The molecule has 1 rings (SSSR count). The van der Waals surface area contributed by atoms with Crippen LogP contribution < -0.4 is 0 Å².